The lowest BCUT2D eigenvalue weighted by atomic mass is 10.0. The molecule has 0 aromatic rings. The van der Waals surface area contributed by atoms with Crippen molar-refractivity contribution in [3.63, 3.8) is 0 Å². The van der Waals surface area contributed by atoms with Crippen LogP contribution in [-0.4, -0.2) is 46.4 Å². The van der Waals surface area contributed by atoms with Gasteiger partial charge in [-0.05, 0) is 18.8 Å². The Bertz CT molecular complexity index is 403. The van der Waals surface area contributed by atoms with Gasteiger partial charge in [-0.3, -0.25) is 9.59 Å². The predicted molar refractivity (Wildman–Crippen MR) is 67.2 cm³/mol. The maximum atomic E-state index is 12.0. The highest BCUT2D eigenvalue weighted by Gasteiger charge is 2.42. The highest BCUT2D eigenvalue weighted by molar-refractivity contribution is 5.91. The highest BCUT2D eigenvalue weighted by Crippen LogP contribution is 2.32. The molecule has 0 spiro atoms. The van der Waals surface area contributed by atoms with Crippen LogP contribution in [0.5, 0.6) is 0 Å². The van der Waals surface area contributed by atoms with E-state index in [0.29, 0.717) is 12.6 Å². The number of likely N-dealkylation sites (tertiary alicyclic amines) is 1. The Hall–Kier alpha value is -1.59. The second-order valence-corrected chi connectivity index (χ2v) is 5.75. The molecular weight excluding hydrogens is 248 g/mol. The van der Waals surface area contributed by atoms with Crippen molar-refractivity contribution in [1.29, 1.82) is 0 Å². The smallest absolute Gasteiger partial charge is 0.326 e. The van der Waals surface area contributed by atoms with Crippen molar-refractivity contribution < 1.29 is 19.5 Å². The van der Waals surface area contributed by atoms with Gasteiger partial charge in [0.2, 0.25) is 11.8 Å². The summed E-state index contributed by atoms with van der Waals surface area (Å²) >= 11 is 0. The second-order valence-electron chi connectivity index (χ2n) is 5.75. The number of carbonyl (C=O) groups is 3. The van der Waals surface area contributed by atoms with Gasteiger partial charge >= 0.3 is 5.97 Å². The summed E-state index contributed by atoms with van der Waals surface area (Å²) in [5, 5.41) is 11.6. The van der Waals surface area contributed by atoms with E-state index < -0.39 is 17.9 Å². The fraction of sp³-hybridized carbons (Fsp3) is 0.769. The molecule has 1 saturated carbocycles. The molecule has 6 nitrogen and oxygen atoms in total. The van der Waals surface area contributed by atoms with Crippen molar-refractivity contribution in [2.75, 3.05) is 6.54 Å². The van der Waals surface area contributed by atoms with Crippen molar-refractivity contribution >= 4 is 17.8 Å². The molecule has 2 rings (SSSR count). The van der Waals surface area contributed by atoms with Crippen molar-refractivity contribution in [2.45, 2.75) is 45.2 Å². The van der Waals surface area contributed by atoms with Crippen LogP contribution < -0.4 is 5.32 Å². The van der Waals surface area contributed by atoms with Crippen LogP contribution in [-0.2, 0) is 14.4 Å². The summed E-state index contributed by atoms with van der Waals surface area (Å²) in [6, 6.07) is -0.580. The van der Waals surface area contributed by atoms with Gasteiger partial charge in [-0.15, -0.1) is 0 Å². The van der Waals surface area contributed by atoms with Gasteiger partial charge in [0.05, 0.1) is 5.92 Å². The molecule has 1 aliphatic carbocycles. The quantitative estimate of drug-likeness (QED) is 0.747. The van der Waals surface area contributed by atoms with Gasteiger partial charge < -0.3 is 15.3 Å². The minimum Gasteiger partial charge on any atom is -0.480 e. The van der Waals surface area contributed by atoms with Crippen molar-refractivity contribution in [3.05, 3.63) is 0 Å². The lowest BCUT2D eigenvalue weighted by molar-refractivity contribution is -0.143. The van der Waals surface area contributed by atoms with Crippen LogP contribution in [0.2, 0.25) is 0 Å². The minimum absolute atomic E-state index is 0.0130. The summed E-state index contributed by atoms with van der Waals surface area (Å²) < 4.78 is 0. The SMILES string of the molecule is CC(C)C(NC(=O)C1CC(=O)N(C2CC2)C1)C(=O)O. The molecule has 106 valence electrons. The average Bonchev–Trinajstić information content (AvgIpc) is 3.08. The zero-order valence-corrected chi connectivity index (χ0v) is 11.3. The monoisotopic (exact) mass is 268 g/mol. The molecule has 2 atom stereocenters. The maximum absolute atomic E-state index is 12.0. The summed E-state index contributed by atoms with van der Waals surface area (Å²) in [5.41, 5.74) is 0. The van der Waals surface area contributed by atoms with Crippen LogP contribution in [0.3, 0.4) is 0 Å². The number of hydrogen-bond acceptors (Lipinski definition) is 3. The van der Waals surface area contributed by atoms with E-state index >= 15 is 0 Å². The molecule has 1 heterocycles. The Balaban J connectivity index is 1.93. The van der Waals surface area contributed by atoms with Gasteiger partial charge in [-0.25, -0.2) is 4.79 Å². The number of carbonyl (C=O) groups excluding carboxylic acids is 2. The van der Waals surface area contributed by atoms with Crippen molar-refractivity contribution in [3.8, 4) is 0 Å². The number of amides is 2. The molecule has 2 amide bonds. The minimum atomic E-state index is -1.04. The Morgan fingerprint density at radius 3 is 2.47 bits per heavy atom. The zero-order chi connectivity index (χ0) is 14.2. The van der Waals surface area contributed by atoms with E-state index in [1.165, 1.54) is 0 Å². The molecule has 2 fully saturated rings. The Morgan fingerprint density at radius 1 is 1.37 bits per heavy atom. The van der Waals surface area contributed by atoms with Crippen LogP contribution in [0.15, 0.2) is 0 Å². The number of aliphatic carboxylic acids is 1. The first-order valence-electron chi connectivity index (χ1n) is 6.72. The maximum Gasteiger partial charge on any atom is 0.326 e. The molecule has 1 aliphatic heterocycles. The summed E-state index contributed by atoms with van der Waals surface area (Å²) in [4.78, 5) is 36.6. The van der Waals surface area contributed by atoms with E-state index in [-0.39, 0.29) is 24.2 Å². The lowest BCUT2D eigenvalue weighted by Crippen LogP contribution is -2.47. The Kier molecular flexibility index (Phi) is 3.78. The van der Waals surface area contributed by atoms with Crippen LogP contribution in [0.25, 0.3) is 0 Å². The summed E-state index contributed by atoms with van der Waals surface area (Å²) in [6.45, 7) is 3.92. The number of rotatable bonds is 5. The summed E-state index contributed by atoms with van der Waals surface area (Å²) in [7, 11) is 0. The first-order chi connectivity index (χ1) is 8.90. The third-order valence-corrected chi connectivity index (χ3v) is 3.75. The Morgan fingerprint density at radius 2 is 2.00 bits per heavy atom. The van der Waals surface area contributed by atoms with Crippen LogP contribution in [0.4, 0.5) is 0 Å². The summed E-state index contributed by atoms with van der Waals surface area (Å²) in [6.07, 6.45) is 2.24. The molecule has 19 heavy (non-hydrogen) atoms. The molecule has 0 aromatic carbocycles. The lowest BCUT2D eigenvalue weighted by Gasteiger charge is -2.20. The molecule has 2 aliphatic rings. The normalized spacial score (nSPS) is 24.7. The zero-order valence-electron chi connectivity index (χ0n) is 11.3. The summed E-state index contributed by atoms with van der Waals surface area (Å²) in [5.74, 6) is -1.94. The standard InChI is InChI=1S/C13H20N2O4/c1-7(2)11(13(18)19)14-12(17)8-5-10(16)15(6-8)9-3-4-9/h7-9,11H,3-6H2,1-2H3,(H,14,17)(H,18,19). The molecule has 2 unspecified atom stereocenters. The topological polar surface area (TPSA) is 86.7 Å². The van der Waals surface area contributed by atoms with E-state index in [9.17, 15) is 14.4 Å². The Labute approximate surface area is 112 Å². The number of carboxylic acid groups (broad SMARTS) is 1. The number of nitrogens with zero attached hydrogens (tertiary/aromatic N) is 1. The molecule has 0 aromatic heterocycles. The van der Waals surface area contributed by atoms with Gasteiger partial charge in [-0.2, -0.15) is 0 Å². The van der Waals surface area contributed by atoms with Gasteiger partial charge in [0.25, 0.3) is 0 Å². The van der Waals surface area contributed by atoms with E-state index in [4.69, 9.17) is 5.11 Å². The third-order valence-electron chi connectivity index (χ3n) is 3.75. The van der Waals surface area contributed by atoms with Crippen LogP contribution in [0, 0.1) is 11.8 Å². The van der Waals surface area contributed by atoms with Crippen LogP contribution >= 0.6 is 0 Å². The third kappa shape index (κ3) is 3.05. The number of nitrogens with one attached hydrogen (secondary N) is 1. The molecule has 6 heteroatoms. The largest absolute Gasteiger partial charge is 0.480 e. The molecule has 1 saturated heterocycles. The molecule has 2 N–H and O–H groups in total. The van der Waals surface area contributed by atoms with Crippen molar-refractivity contribution in [1.82, 2.24) is 10.2 Å². The van der Waals surface area contributed by atoms with Crippen LogP contribution in [0.1, 0.15) is 33.1 Å². The van der Waals surface area contributed by atoms with Gasteiger partial charge in [0.1, 0.15) is 6.04 Å². The van der Waals surface area contributed by atoms with Gasteiger partial charge in [-0.1, -0.05) is 13.8 Å². The van der Waals surface area contributed by atoms with E-state index in [0.717, 1.165) is 12.8 Å². The van der Waals surface area contributed by atoms with Gasteiger partial charge in [0.15, 0.2) is 0 Å². The second kappa shape index (κ2) is 5.19. The number of hydrogen-bond donors (Lipinski definition) is 2. The fourth-order valence-electron chi connectivity index (χ4n) is 2.43. The van der Waals surface area contributed by atoms with E-state index in [2.05, 4.69) is 5.32 Å². The molecule has 0 radical (unpaired) electrons. The fourth-order valence-corrected chi connectivity index (χ4v) is 2.43. The van der Waals surface area contributed by atoms with E-state index in [1.807, 2.05) is 0 Å². The molecule has 0 bridgehead atoms. The van der Waals surface area contributed by atoms with Gasteiger partial charge in [0, 0.05) is 19.0 Å². The van der Waals surface area contributed by atoms with E-state index in [1.54, 1.807) is 18.7 Å². The molecular formula is C13H20N2O4. The first kappa shape index (κ1) is 13.8. The highest BCUT2D eigenvalue weighted by atomic mass is 16.4. The number of carboxylic acids is 1. The first-order valence-corrected chi connectivity index (χ1v) is 6.72. The average molecular weight is 268 g/mol. The predicted octanol–water partition coefficient (Wildman–Crippen LogP) is 0.223. The van der Waals surface area contributed by atoms with Crippen molar-refractivity contribution in [2.24, 2.45) is 11.8 Å².